The highest BCUT2D eigenvalue weighted by atomic mass is 16.7. The highest BCUT2D eigenvalue weighted by Crippen LogP contribution is 2.60. The van der Waals surface area contributed by atoms with Crippen LogP contribution in [-0.4, -0.2) is 84.6 Å². The summed E-state index contributed by atoms with van der Waals surface area (Å²) in [5, 5.41) is 13.5. The number of nitrogens with zero attached hydrogens (tertiary/aromatic N) is 3. The van der Waals surface area contributed by atoms with Crippen molar-refractivity contribution in [3.05, 3.63) is 118 Å². The van der Waals surface area contributed by atoms with Gasteiger partial charge in [0, 0.05) is 54.4 Å². The molecule has 14 nitrogen and oxygen atoms in total. The molecule has 1 aromatic carbocycles. The Morgan fingerprint density at radius 3 is 2.64 bits per heavy atom. The summed E-state index contributed by atoms with van der Waals surface area (Å²) in [6, 6.07) is 12.8. The van der Waals surface area contributed by atoms with E-state index in [9.17, 15) is 0 Å². The zero-order chi connectivity index (χ0) is 47.6. The number of pyridine rings is 2. The summed E-state index contributed by atoms with van der Waals surface area (Å²) in [4.78, 5) is 59.0. The molecule has 1 aliphatic heterocycles. The van der Waals surface area contributed by atoms with Crippen molar-refractivity contribution in [3.63, 3.8) is 0 Å². The van der Waals surface area contributed by atoms with Crippen LogP contribution in [0, 0.1) is 22.7 Å². The number of epoxide rings is 1. The average Bonchev–Trinajstić information content (AvgIpc) is 3.79. The second-order valence-corrected chi connectivity index (χ2v) is 20.1. The number of nitrogens with one attached hydrogen (secondary N) is 4. The number of nitrogens with two attached hydrogens (primary N) is 2. The van der Waals surface area contributed by atoms with Crippen LogP contribution in [0.25, 0.3) is 0 Å². The third kappa shape index (κ3) is 9.19. The minimum Gasteiger partial charge on any atom is -0.463 e. The third-order valence-electron chi connectivity index (χ3n) is 15.1. The van der Waals surface area contributed by atoms with Gasteiger partial charge in [0.25, 0.3) is 5.60 Å². The fourth-order valence-corrected chi connectivity index (χ4v) is 11.6. The number of ether oxygens (including phenoxy) is 2. The second-order valence-electron chi connectivity index (χ2n) is 20.1. The predicted octanol–water partition coefficient (Wildman–Crippen LogP) is 6.95. The SMILES string of the molecule is CCN[C@@H]1C=C2C=CCC[C@H]2C[C@H]1COC(=O)[C@]12O[C@@]1(C/C=C(\C)C1([C@@H](NC(N)=NC)c3ccnc(NCNC)c3)CCCC1)C(=O)c1cccc(CC(C)(C)Cc3ccc(N)nc3)c1C2=O. The van der Waals surface area contributed by atoms with E-state index in [2.05, 4.69) is 82.2 Å². The molecular formula is C53H69N9O5. The number of aliphatic imine (C=N–C) groups is 1. The van der Waals surface area contributed by atoms with Crippen LogP contribution in [0.4, 0.5) is 11.6 Å². The van der Waals surface area contributed by atoms with Crippen molar-refractivity contribution in [1.82, 2.24) is 25.9 Å². The van der Waals surface area contributed by atoms with E-state index in [1.807, 2.05) is 43.5 Å². The lowest BCUT2D eigenvalue weighted by Crippen LogP contribution is -2.51. The number of nitrogen functional groups attached to an aromatic ring is 1. The van der Waals surface area contributed by atoms with Crippen molar-refractivity contribution in [1.29, 1.82) is 0 Å². The Hall–Kier alpha value is -5.70. The molecule has 67 heavy (non-hydrogen) atoms. The van der Waals surface area contributed by atoms with Crippen LogP contribution in [0.5, 0.6) is 0 Å². The fourth-order valence-electron chi connectivity index (χ4n) is 11.6. The lowest BCUT2D eigenvalue weighted by atomic mass is 9.67. The lowest BCUT2D eigenvalue weighted by molar-refractivity contribution is -0.150. The van der Waals surface area contributed by atoms with E-state index >= 15 is 14.4 Å². The number of likely N-dealkylation sites (N-methyl/N-ethyl adjacent to an activating group) is 1. The van der Waals surface area contributed by atoms with Gasteiger partial charge in [0.15, 0.2) is 17.3 Å². The van der Waals surface area contributed by atoms with Crippen LogP contribution in [-0.2, 0) is 27.1 Å². The van der Waals surface area contributed by atoms with Crippen LogP contribution in [0.15, 0.2) is 95.3 Å². The average molecular weight is 912 g/mol. The molecule has 356 valence electrons. The highest BCUT2D eigenvalue weighted by Gasteiger charge is 2.85. The van der Waals surface area contributed by atoms with Gasteiger partial charge in [0.1, 0.15) is 11.6 Å². The maximum Gasteiger partial charge on any atom is 0.350 e. The van der Waals surface area contributed by atoms with Gasteiger partial charge >= 0.3 is 5.97 Å². The predicted molar refractivity (Wildman–Crippen MR) is 262 cm³/mol. The van der Waals surface area contributed by atoms with Gasteiger partial charge in [-0.05, 0) is 117 Å². The van der Waals surface area contributed by atoms with Crippen molar-refractivity contribution >= 4 is 35.1 Å². The topological polar surface area (TPSA) is 211 Å². The quantitative estimate of drug-likeness (QED) is 0.0145. The number of allylic oxidation sites excluding steroid dienone is 3. The third-order valence-corrected chi connectivity index (χ3v) is 15.1. The molecule has 0 unspecified atom stereocenters. The number of carbonyl (C=O) groups is 3. The first-order chi connectivity index (χ1) is 32.2. The molecule has 0 bridgehead atoms. The van der Waals surface area contributed by atoms with Crippen LogP contribution in [0.3, 0.4) is 0 Å². The largest absolute Gasteiger partial charge is 0.463 e. The number of guanidine groups is 1. The molecule has 14 heteroatoms. The van der Waals surface area contributed by atoms with Gasteiger partial charge in [-0.1, -0.05) is 87.8 Å². The number of aromatic nitrogens is 2. The van der Waals surface area contributed by atoms with E-state index in [0.717, 1.165) is 68.2 Å². The lowest BCUT2D eigenvalue weighted by Gasteiger charge is -2.40. The van der Waals surface area contributed by atoms with Crippen molar-refractivity contribution in [2.45, 2.75) is 115 Å². The van der Waals surface area contributed by atoms with E-state index in [0.29, 0.717) is 48.6 Å². The monoisotopic (exact) mass is 912 g/mol. The summed E-state index contributed by atoms with van der Waals surface area (Å²) in [5.74, 6) is 0.0785. The molecule has 2 fully saturated rings. The normalized spacial score (nSPS) is 25.9. The second kappa shape index (κ2) is 19.5. The Kier molecular flexibility index (Phi) is 13.9. The van der Waals surface area contributed by atoms with Crippen LogP contribution in [0.1, 0.15) is 123 Å². The summed E-state index contributed by atoms with van der Waals surface area (Å²) in [7, 11) is 3.52. The first kappa shape index (κ1) is 47.8. The molecule has 1 saturated carbocycles. The van der Waals surface area contributed by atoms with Gasteiger partial charge in [0.2, 0.25) is 5.78 Å². The van der Waals surface area contributed by atoms with E-state index in [1.165, 1.54) is 5.57 Å². The summed E-state index contributed by atoms with van der Waals surface area (Å²) < 4.78 is 12.9. The molecule has 4 aliphatic carbocycles. The Bertz CT molecular complexity index is 2470. The van der Waals surface area contributed by atoms with Crippen molar-refractivity contribution in [3.8, 4) is 0 Å². The van der Waals surface area contributed by atoms with Gasteiger partial charge in [-0.3, -0.25) is 14.6 Å². The molecule has 3 aromatic rings. The zero-order valence-electron chi connectivity index (χ0n) is 40.0. The molecule has 3 heterocycles. The molecule has 1 saturated heterocycles. The van der Waals surface area contributed by atoms with Gasteiger partial charge in [-0.25, -0.2) is 14.8 Å². The Morgan fingerprint density at radius 2 is 1.91 bits per heavy atom. The maximum absolute atomic E-state index is 15.5. The molecule has 8 N–H and O–H groups in total. The molecular weight excluding hydrogens is 843 g/mol. The minimum atomic E-state index is -2.15. The molecule has 0 amide bonds. The summed E-state index contributed by atoms with van der Waals surface area (Å²) in [6.45, 7) is 9.75. The fraction of sp³-hybridized carbons (Fsp3) is 0.509. The Labute approximate surface area is 395 Å². The number of fused-ring (bicyclic) bond motifs is 3. The van der Waals surface area contributed by atoms with Crippen molar-refractivity contribution in [2.75, 3.05) is 45.0 Å². The maximum atomic E-state index is 15.5. The Balaban J connectivity index is 1.16. The Morgan fingerprint density at radius 1 is 1.10 bits per heavy atom. The zero-order valence-corrected chi connectivity index (χ0v) is 40.0. The standard InChI is InChI=1S/C53H69N9O5/c1-7-58-41-26-36-14-9-8-13-35(36)25-39(41)31-66-48(65)53-47(64)44-38(29-50(3,4)28-34-17-18-42(54)60-30-34)15-12-16-40(44)46(63)52(53,67-53)23-19-33(2)51(21-10-11-22-51)45(62-49(55)57-6)37-20-24-59-43(27-37)61-32-56-5/h9,12,14-20,24,26-27,30,35,39,41,45,56,58H,7-8,10-11,13,21-23,25,28-29,31-32H2,1-6H3,(H2,54,60)(H,59,61)(H3,55,57,62)/b33-19+/t35-,39-,41+,45-,52-,53-/m0/s1. The molecule has 8 rings (SSSR count). The number of hydrogen-bond acceptors (Lipinski definition) is 12. The van der Waals surface area contributed by atoms with Crippen LogP contribution in [0.2, 0.25) is 0 Å². The number of rotatable bonds is 18. The van der Waals surface area contributed by atoms with E-state index in [1.54, 1.807) is 31.6 Å². The first-order valence-electron chi connectivity index (χ1n) is 24.1. The number of ketones is 2. The summed E-state index contributed by atoms with van der Waals surface area (Å²) in [5.41, 5.74) is 13.0. The van der Waals surface area contributed by atoms with E-state index < -0.39 is 28.4 Å². The molecule has 5 aliphatic rings. The summed E-state index contributed by atoms with van der Waals surface area (Å²) in [6.07, 6.45) is 19.9. The van der Waals surface area contributed by atoms with Crippen molar-refractivity contribution in [2.24, 2.45) is 33.4 Å². The number of carbonyl (C=O) groups excluding carboxylic acids is 3. The van der Waals surface area contributed by atoms with E-state index in [-0.39, 0.29) is 53.4 Å². The smallest absolute Gasteiger partial charge is 0.350 e. The number of benzene rings is 1. The number of Topliss-reactive ketones (excluding diaryl/α,β-unsaturated/α-hetero) is 2. The van der Waals surface area contributed by atoms with Crippen LogP contribution < -0.4 is 32.7 Å². The number of hydrogen-bond donors (Lipinski definition) is 6. The number of esters is 1. The first-order valence-corrected chi connectivity index (χ1v) is 24.1. The van der Waals surface area contributed by atoms with Gasteiger partial charge in [-0.15, -0.1) is 0 Å². The highest BCUT2D eigenvalue weighted by molar-refractivity contribution is 6.33. The van der Waals surface area contributed by atoms with E-state index in [4.69, 9.17) is 20.9 Å². The van der Waals surface area contributed by atoms with Gasteiger partial charge in [0.05, 0.1) is 19.3 Å². The van der Waals surface area contributed by atoms with Crippen molar-refractivity contribution < 1.29 is 23.9 Å². The minimum absolute atomic E-state index is 0.00110. The molecule has 0 radical (unpaired) electrons. The molecule has 0 spiro atoms. The van der Waals surface area contributed by atoms with Gasteiger partial charge < -0.3 is 42.2 Å². The van der Waals surface area contributed by atoms with Gasteiger partial charge in [-0.2, -0.15) is 0 Å². The number of anilines is 2. The van der Waals surface area contributed by atoms with Crippen LogP contribution >= 0.6 is 0 Å². The molecule has 2 aromatic heterocycles. The molecule has 6 atom stereocenters. The summed E-state index contributed by atoms with van der Waals surface area (Å²) >= 11 is 0.